The van der Waals surface area contributed by atoms with Crippen LogP contribution in [-0.4, -0.2) is 31.7 Å². The van der Waals surface area contributed by atoms with Crippen LogP contribution in [0.15, 0.2) is 18.2 Å². The van der Waals surface area contributed by atoms with Gasteiger partial charge in [-0.3, -0.25) is 4.79 Å². The molecule has 128 valence electrons. The topological polar surface area (TPSA) is 50.4 Å². The molecule has 23 heavy (non-hydrogen) atoms. The van der Waals surface area contributed by atoms with E-state index in [0.29, 0.717) is 24.3 Å². The van der Waals surface area contributed by atoms with Crippen molar-refractivity contribution in [3.63, 3.8) is 0 Å². The van der Waals surface area contributed by atoms with E-state index in [9.17, 15) is 18.0 Å². The van der Waals surface area contributed by atoms with Crippen LogP contribution in [0.2, 0.25) is 0 Å². The Labute approximate surface area is 133 Å². The van der Waals surface area contributed by atoms with Crippen molar-refractivity contribution in [2.24, 2.45) is 0 Å². The third-order valence-electron chi connectivity index (χ3n) is 3.80. The SMILES string of the molecule is Cc1cc(C(F)(F)F)cc(C(C)(C)NC(=O)[C@H]2COCCN2)c1. The normalized spacial score (nSPS) is 19.5. The molecule has 4 nitrogen and oxygen atoms in total. The van der Waals surface area contributed by atoms with Crippen LogP contribution in [0.3, 0.4) is 0 Å². The largest absolute Gasteiger partial charge is 0.416 e. The van der Waals surface area contributed by atoms with Gasteiger partial charge in [0, 0.05) is 6.54 Å². The molecule has 1 aliphatic heterocycles. The molecule has 1 heterocycles. The summed E-state index contributed by atoms with van der Waals surface area (Å²) in [5, 5.41) is 5.82. The summed E-state index contributed by atoms with van der Waals surface area (Å²) in [6.07, 6.45) is -4.42. The summed E-state index contributed by atoms with van der Waals surface area (Å²) in [6, 6.07) is 3.34. The predicted molar refractivity (Wildman–Crippen MR) is 80.0 cm³/mol. The fourth-order valence-electron chi connectivity index (χ4n) is 2.51. The molecule has 0 bridgehead atoms. The summed E-state index contributed by atoms with van der Waals surface area (Å²) in [5.41, 5.74) is -0.734. The van der Waals surface area contributed by atoms with Crippen LogP contribution in [0.5, 0.6) is 0 Å². The Morgan fingerprint density at radius 3 is 2.48 bits per heavy atom. The maximum Gasteiger partial charge on any atom is 0.416 e. The first kappa shape index (κ1) is 17.7. The van der Waals surface area contributed by atoms with Crippen molar-refractivity contribution in [2.45, 2.75) is 38.5 Å². The molecule has 0 radical (unpaired) electrons. The standard InChI is InChI=1S/C16H21F3N2O2/c1-10-6-11(8-12(7-10)16(17,18)19)15(2,3)21-14(22)13-9-23-5-4-20-13/h6-8,13,20H,4-5,9H2,1-3H3,(H,21,22)/t13-/m1/s1. The number of hydrogen-bond donors (Lipinski definition) is 2. The second-order valence-electron chi connectivity index (χ2n) is 6.28. The van der Waals surface area contributed by atoms with E-state index in [1.165, 1.54) is 0 Å². The number of hydrogen-bond acceptors (Lipinski definition) is 3. The maximum atomic E-state index is 13.0. The maximum absolute atomic E-state index is 13.0. The van der Waals surface area contributed by atoms with Gasteiger partial charge in [0.1, 0.15) is 6.04 Å². The lowest BCUT2D eigenvalue weighted by Gasteiger charge is -2.31. The first-order valence-electron chi connectivity index (χ1n) is 7.42. The Morgan fingerprint density at radius 2 is 1.91 bits per heavy atom. The fraction of sp³-hybridized carbons (Fsp3) is 0.562. The number of halogens is 3. The highest BCUT2D eigenvalue weighted by molar-refractivity contribution is 5.82. The van der Waals surface area contributed by atoms with E-state index in [2.05, 4.69) is 10.6 Å². The Kier molecular flexibility index (Phi) is 5.01. The number of rotatable bonds is 3. The molecule has 0 aliphatic carbocycles. The molecule has 0 spiro atoms. The number of aryl methyl sites for hydroxylation is 1. The zero-order valence-electron chi connectivity index (χ0n) is 13.4. The van der Waals surface area contributed by atoms with E-state index in [1.807, 2.05) is 0 Å². The van der Waals surface area contributed by atoms with Gasteiger partial charge in [-0.15, -0.1) is 0 Å². The van der Waals surface area contributed by atoms with E-state index in [0.717, 1.165) is 12.1 Å². The van der Waals surface area contributed by atoms with Gasteiger partial charge < -0.3 is 15.4 Å². The van der Waals surface area contributed by atoms with E-state index in [1.54, 1.807) is 26.8 Å². The van der Waals surface area contributed by atoms with Gasteiger partial charge in [-0.25, -0.2) is 0 Å². The number of ether oxygens (including phenoxy) is 1. The lowest BCUT2D eigenvalue weighted by atomic mass is 9.90. The minimum Gasteiger partial charge on any atom is -0.378 e. The third-order valence-corrected chi connectivity index (χ3v) is 3.80. The Hall–Kier alpha value is -1.60. The van der Waals surface area contributed by atoms with E-state index < -0.39 is 23.3 Å². The van der Waals surface area contributed by atoms with Crippen molar-refractivity contribution in [1.82, 2.24) is 10.6 Å². The lowest BCUT2D eigenvalue weighted by molar-refractivity contribution is -0.137. The molecule has 0 aromatic heterocycles. The highest BCUT2D eigenvalue weighted by atomic mass is 19.4. The van der Waals surface area contributed by atoms with E-state index in [-0.39, 0.29) is 12.5 Å². The molecule has 1 aromatic carbocycles. The summed E-state index contributed by atoms with van der Waals surface area (Å²) in [4.78, 5) is 12.3. The summed E-state index contributed by atoms with van der Waals surface area (Å²) in [7, 11) is 0. The monoisotopic (exact) mass is 330 g/mol. The van der Waals surface area contributed by atoms with Crippen LogP contribution in [0.25, 0.3) is 0 Å². The van der Waals surface area contributed by atoms with Gasteiger partial charge in [0.25, 0.3) is 0 Å². The van der Waals surface area contributed by atoms with E-state index in [4.69, 9.17) is 4.74 Å². The minimum atomic E-state index is -4.42. The molecule has 2 rings (SSSR count). The molecular formula is C16H21F3N2O2. The van der Waals surface area contributed by atoms with Crippen LogP contribution < -0.4 is 10.6 Å². The van der Waals surface area contributed by atoms with Crippen LogP contribution in [0, 0.1) is 6.92 Å². The fourth-order valence-corrected chi connectivity index (χ4v) is 2.51. The van der Waals surface area contributed by atoms with Crippen LogP contribution in [0.1, 0.15) is 30.5 Å². The number of carbonyl (C=O) groups is 1. The second kappa shape index (κ2) is 6.49. The molecule has 2 N–H and O–H groups in total. The minimum absolute atomic E-state index is 0.254. The Balaban J connectivity index is 2.21. The zero-order valence-corrected chi connectivity index (χ0v) is 13.4. The van der Waals surface area contributed by atoms with Gasteiger partial charge in [-0.1, -0.05) is 11.6 Å². The molecule has 7 heteroatoms. The lowest BCUT2D eigenvalue weighted by Crippen LogP contribution is -2.55. The smallest absolute Gasteiger partial charge is 0.378 e. The average Bonchev–Trinajstić information content (AvgIpc) is 2.46. The molecule has 1 amide bonds. The number of benzene rings is 1. The van der Waals surface area contributed by atoms with Crippen molar-refractivity contribution in [3.05, 3.63) is 34.9 Å². The van der Waals surface area contributed by atoms with Crippen LogP contribution >= 0.6 is 0 Å². The molecule has 1 fully saturated rings. The van der Waals surface area contributed by atoms with Gasteiger partial charge in [-0.2, -0.15) is 13.2 Å². The molecule has 1 aromatic rings. The van der Waals surface area contributed by atoms with Crippen molar-refractivity contribution < 1.29 is 22.7 Å². The zero-order chi connectivity index (χ0) is 17.3. The van der Waals surface area contributed by atoms with Gasteiger partial charge in [-0.05, 0) is 38.5 Å². The summed E-state index contributed by atoms with van der Waals surface area (Å²) < 4.78 is 44.2. The van der Waals surface area contributed by atoms with Crippen molar-refractivity contribution in [1.29, 1.82) is 0 Å². The molecule has 1 saturated heterocycles. The van der Waals surface area contributed by atoms with Gasteiger partial charge in [0.2, 0.25) is 5.91 Å². The van der Waals surface area contributed by atoms with Crippen LogP contribution in [0.4, 0.5) is 13.2 Å². The molecule has 0 saturated carbocycles. The number of morpholine rings is 1. The highest BCUT2D eigenvalue weighted by Crippen LogP contribution is 2.33. The number of alkyl halides is 3. The molecule has 1 aliphatic rings. The molecule has 1 atom stereocenters. The van der Waals surface area contributed by atoms with Crippen molar-refractivity contribution in [2.75, 3.05) is 19.8 Å². The van der Waals surface area contributed by atoms with Crippen molar-refractivity contribution in [3.8, 4) is 0 Å². The second-order valence-corrected chi connectivity index (χ2v) is 6.28. The summed E-state index contributed by atoms with van der Waals surface area (Å²) in [5.74, 6) is -0.287. The summed E-state index contributed by atoms with van der Waals surface area (Å²) in [6.45, 7) is 6.34. The first-order chi connectivity index (χ1) is 10.6. The summed E-state index contributed by atoms with van der Waals surface area (Å²) >= 11 is 0. The third kappa shape index (κ3) is 4.45. The average molecular weight is 330 g/mol. The van der Waals surface area contributed by atoms with Crippen LogP contribution in [-0.2, 0) is 21.2 Å². The number of carbonyl (C=O) groups excluding carboxylic acids is 1. The first-order valence-corrected chi connectivity index (χ1v) is 7.42. The molecular weight excluding hydrogens is 309 g/mol. The predicted octanol–water partition coefficient (Wildman–Crippen LogP) is 2.35. The number of nitrogens with one attached hydrogen (secondary N) is 2. The van der Waals surface area contributed by atoms with Gasteiger partial charge >= 0.3 is 6.18 Å². The van der Waals surface area contributed by atoms with Gasteiger partial charge in [0.05, 0.1) is 24.3 Å². The number of amides is 1. The molecule has 0 unspecified atom stereocenters. The Bertz CT molecular complexity index is 579. The quantitative estimate of drug-likeness (QED) is 0.894. The van der Waals surface area contributed by atoms with E-state index >= 15 is 0 Å². The van der Waals surface area contributed by atoms with Crippen molar-refractivity contribution >= 4 is 5.91 Å². The van der Waals surface area contributed by atoms with Gasteiger partial charge in [0.15, 0.2) is 0 Å². The highest BCUT2D eigenvalue weighted by Gasteiger charge is 2.34. The Morgan fingerprint density at radius 1 is 1.26 bits per heavy atom.